The highest BCUT2D eigenvalue weighted by Crippen LogP contribution is 2.40. The summed E-state index contributed by atoms with van der Waals surface area (Å²) in [5.74, 6) is 0. The monoisotopic (exact) mass is 433 g/mol. The van der Waals surface area contributed by atoms with Gasteiger partial charge in [-0.25, -0.2) is 4.98 Å². The molecule has 1 nitrogen and oxygen atoms in total. The molecule has 0 spiro atoms. The van der Waals surface area contributed by atoms with Crippen LogP contribution in [0.4, 0.5) is 0 Å². The van der Waals surface area contributed by atoms with Crippen molar-refractivity contribution in [3.63, 3.8) is 0 Å². The quantitative estimate of drug-likeness (QED) is 0.188. The molecule has 2 heteroatoms. The molecule has 136 valence electrons. The van der Waals surface area contributed by atoms with E-state index in [1.807, 2.05) is 0 Å². The minimum Gasteiger partial charge on any atom is -0.248 e. The van der Waals surface area contributed by atoms with Crippen molar-refractivity contribution in [3.05, 3.63) is 102 Å². The second-order valence-electron chi connectivity index (χ2n) is 7.39. The van der Waals surface area contributed by atoms with Gasteiger partial charge in [-0.15, -0.1) is 0 Å². The fourth-order valence-electron chi connectivity index (χ4n) is 4.33. The van der Waals surface area contributed by atoms with Crippen molar-refractivity contribution in [2.45, 2.75) is 0 Å². The van der Waals surface area contributed by atoms with Gasteiger partial charge in [0, 0.05) is 20.8 Å². The van der Waals surface area contributed by atoms with Gasteiger partial charge < -0.3 is 0 Å². The van der Waals surface area contributed by atoms with E-state index in [1.54, 1.807) is 0 Å². The van der Waals surface area contributed by atoms with E-state index in [0.717, 1.165) is 15.5 Å². The Bertz CT molecular complexity index is 1570. The van der Waals surface area contributed by atoms with Gasteiger partial charge in [-0.2, -0.15) is 0 Å². The van der Waals surface area contributed by atoms with Crippen molar-refractivity contribution in [3.8, 4) is 11.1 Å². The molecule has 6 aromatic rings. The Morgan fingerprint density at radius 3 is 2.24 bits per heavy atom. The first-order valence-electron chi connectivity index (χ1n) is 9.68. The molecule has 0 saturated heterocycles. The summed E-state index contributed by atoms with van der Waals surface area (Å²) in [4.78, 5) is 4.99. The van der Waals surface area contributed by atoms with Gasteiger partial charge in [0.25, 0.3) is 0 Å². The SMILES string of the molecule is Brc1ccc2ccc3nc4ccccc4c(-c4ccc5ccccc5c4)c3c2c1. The summed E-state index contributed by atoms with van der Waals surface area (Å²) in [5.41, 5.74) is 4.52. The van der Waals surface area contributed by atoms with Crippen molar-refractivity contribution in [2.24, 2.45) is 0 Å². The third-order valence-electron chi connectivity index (χ3n) is 5.66. The molecule has 1 aromatic heterocycles. The second kappa shape index (κ2) is 6.40. The lowest BCUT2D eigenvalue weighted by Crippen LogP contribution is -1.91. The molecule has 0 unspecified atom stereocenters. The molecule has 0 N–H and O–H groups in total. The number of aromatic nitrogens is 1. The zero-order chi connectivity index (χ0) is 19.4. The highest BCUT2D eigenvalue weighted by atomic mass is 79.9. The van der Waals surface area contributed by atoms with Crippen LogP contribution in [0.3, 0.4) is 0 Å². The molecule has 0 saturated carbocycles. The number of pyridine rings is 1. The zero-order valence-electron chi connectivity index (χ0n) is 15.6. The smallest absolute Gasteiger partial charge is 0.0722 e. The number of rotatable bonds is 1. The molecule has 29 heavy (non-hydrogen) atoms. The predicted octanol–water partition coefficient (Wildman–Crippen LogP) is 8.12. The Morgan fingerprint density at radius 2 is 1.31 bits per heavy atom. The Kier molecular flexibility index (Phi) is 3.68. The van der Waals surface area contributed by atoms with E-state index in [0.29, 0.717) is 0 Å². The third-order valence-corrected chi connectivity index (χ3v) is 6.16. The van der Waals surface area contributed by atoms with E-state index in [9.17, 15) is 0 Å². The zero-order valence-corrected chi connectivity index (χ0v) is 17.1. The van der Waals surface area contributed by atoms with Crippen molar-refractivity contribution in [1.82, 2.24) is 4.98 Å². The molecular weight excluding hydrogens is 418 g/mol. The highest BCUT2D eigenvalue weighted by molar-refractivity contribution is 9.10. The summed E-state index contributed by atoms with van der Waals surface area (Å²) in [7, 11) is 0. The van der Waals surface area contributed by atoms with Crippen LogP contribution in [0.5, 0.6) is 0 Å². The number of fused-ring (bicyclic) bond motifs is 5. The first-order chi connectivity index (χ1) is 14.3. The summed E-state index contributed by atoms with van der Waals surface area (Å²) >= 11 is 3.66. The van der Waals surface area contributed by atoms with Gasteiger partial charge in [0.2, 0.25) is 0 Å². The lowest BCUT2D eigenvalue weighted by atomic mass is 9.92. The number of para-hydroxylation sites is 1. The van der Waals surface area contributed by atoms with Crippen LogP contribution in [-0.2, 0) is 0 Å². The van der Waals surface area contributed by atoms with Crippen molar-refractivity contribution >= 4 is 59.3 Å². The van der Waals surface area contributed by atoms with Crippen molar-refractivity contribution in [2.75, 3.05) is 0 Å². The first kappa shape index (κ1) is 16.7. The van der Waals surface area contributed by atoms with Gasteiger partial charge in [0.05, 0.1) is 11.0 Å². The van der Waals surface area contributed by atoms with Crippen LogP contribution in [0.2, 0.25) is 0 Å². The van der Waals surface area contributed by atoms with Crippen LogP contribution in [0.25, 0.3) is 54.5 Å². The van der Waals surface area contributed by atoms with Gasteiger partial charge in [-0.1, -0.05) is 82.7 Å². The molecule has 0 fully saturated rings. The van der Waals surface area contributed by atoms with Crippen LogP contribution in [-0.4, -0.2) is 4.98 Å². The lowest BCUT2D eigenvalue weighted by Gasteiger charge is -2.14. The van der Waals surface area contributed by atoms with Crippen molar-refractivity contribution in [1.29, 1.82) is 0 Å². The summed E-state index contributed by atoms with van der Waals surface area (Å²) < 4.78 is 1.08. The molecule has 0 bridgehead atoms. The molecule has 0 aliphatic carbocycles. The van der Waals surface area contributed by atoms with Crippen LogP contribution < -0.4 is 0 Å². The molecule has 5 aromatic carbocycles. The lowest BCUT2D eigenvalue weighted by molar-refractivity contribution is 1.50. The molecule has 6 rings (SSSR count). The molecule has 0 aliphatic heterocycles. The molecular formula is C27H16BrN. The minimum atomic E-state index is 1.03. The summed E-state index contributed by atoms with van der Waals surface area (Å²) in [6.07, 6.45) is 0. The number of hydrogen-bond acceptors (Lipinski definition) is 1. The Balaban J connectivity index is 1.85. The number of halogens is 1. The van der Waals surface area contributed by atoms with E-state index in [4.69, 9.17) is 4.98 Å². The standard InChI is InChI=1S/C27H16BrN/c28-21-13-11-18-12-14-25-27(23(18)16-21)26(22-7-3-4-8-24(22)29-25)20-10-9-17-5-1-2-6-19(17)15-20/h1-16H. The molecule has 0 atom stereocenters. The molecule has 0 aliphatic rings. The fraction of sp³-hybridized carbons (Fsp3) is 0. The first-order valence-corrected chi connectivity index (χ1v) is 10.5. The molecule has 0 amide bonds. The minimum absolute atomic E-state index is 1.03. The van der Waals surface area contributed by atoms with E-state index >= 15 is 0 Å². The topological polar surface area (TPSA) is 12.9 Å². The van der Waals surface area contributed by atoms with Gasteiger partial charge in [-0.3, -0.25) is 0 Å². The Hall–Kier alpha value is -3.23. The van der Waals surface area contributed by atoms with Gasteiger partial charge in [0.1, 0.15) is 0 Å². The van der Waals surface area contributed by atoms with Crippen LogP contribution in [0.1, 0.15) is 0 Å². The fourth-order valence-corrected chi connectivity index (χ4v) is 4.69. The molecule has 0 radical (unpaired) electrons. The van der Waals surface area contributed by atoms with Gasteiger partial charge >= 0.3 is 0 Å². The Morgan fingerprint density at radius 1 is 0.552 bits per heavy atom. The third kappa shape index (κ3) is 2.64. The average Bonchev–Trinajstić information content (AvgIpc) is 2.77. The van der Waals surface area contributed by atoms with Crippen LogP contribution >= 0.6 is 15.9 Å². The largest absolute Gasteiger partial charge is 0.248 e. The predicted molar refractivity (Wildman–Crippen MR) is 127 cm³/mol. The van der Waals surface area contributed by atoms with E-state index in [-0.39, 0.29) is 0 Å². The van der Waals surface area contributed by atoms with Crippen LogP contribution in [0.15, 0.2) is 102 Å². The van der Waals surface area contributed by atoms with Crippen LogP contribution in [0, 0.1) is 0 Å². The van der Waals surface area contributed by atoms with E-state index in [2.05, 4.69) is 113 Å². The number of nitrogens with zero attached hydrogens (tertiary/aromatic N) is 1. The summed E-state index contributed by atoms with van der Waals surface area (Å²) in [6.45, 7) is 0. The number of benzene rings is 5. The maximum atomic E-state index is 4.99. The maximum absolute atomic E-state index is 4.99. The van der Waals surface area contributed by atoms with E-state index < -0.39 is 0 Å². The average molecular weight is 434 g/mol. The highest BCUT2D eigenvalue weighted by Gasteiger charge is 2.14. The summed E-state index contributed by atoms with van der Waals surface area (Å²) in [6, 6.07) is 34.5. The van der Waals surface area contributed by atoms with Gasteiger partial charge in [0.15, 0.2) is 0 Å². The maximum Gasteiger partial charge on any atom is 0.0722 e. The number of hydrogen-bond donors (Lipinski definition) is 0. The molecule has 1 heterocycles. The second-order valence-corrected chi connectivity index (χ2v) is 8.31. The Labute approximate surface area is 176 Å². The normalized spacial score (nSPS) is 11.6. The van der Waals surface area contributed by atoms with Crippen molar-refractivity contribution < 1.29 is 0 Å². The van der Waals surface area contributed by atoms with E-state index in [1.165, 1.54) is 43.4 Å². The summed E-state index contributed by atoms with van der Waals surface area (Å²) in [5, 5.41) is 7.34. The van der Waals surface area contributed by atoms with Gasteiger partial charge in [-0.05, 0) is 57.4 Å².